The molecule has 0 aliphatic carbocycles. The highest BCUT2D eigenvalue weighted by molar-refractivity contribution is 5.94. The van der Waals surface area contributed by atoms with Crippen molar-refractivity contribution in [2.75, 3.05) is 0 Å². The van der Waals surface area contributed by atoms with Gasteiger partial charge in [0.15, 0.2) is 0 Å². The maximum absolute atomic E-state index is 12.0. The second kappa shape index (κ2) is 7.22. The third-order valence-corrected chi connectivity index (χ3v) is 3.22. The molecule has 0 aliphatic heterocycles. The molecule has 116 valence electrons. The van der Waals surface area contributed by atoms with Crippen molar-refractivity contribution in [3.05, 3.63) is 35.4 Å². The predicted octanol–water partition coefficient (Wildman–Crippen LogP) is 1.57. The third-order valence-electron chi connectivity index (χ3n) is 3.22. The lowest BCUT2D eigenvalue weighted by Crippen LogP contribution is -2.48. The van der Waals surface area contributed by atoms with Crippen LogP contribution in [0.1, 0.15) is 50.0 Å². The minimum absolute atomic E-state index is 0.100. The molecule has 2 amide bonds. The quantitative estimate of drug-likeness (QED) is 0.744. The first-order valence-corrected chi connectivity index (χ1v) is 7.21. The van der Waals surface area contributed by atoms with Crippen LogP contribution < -0.4 is 16.4 Å². The van der Waals surface area contributed by atoms with Gasteiger partial charge in [0.05, 0.1) is 5.54 Å². The second-order valence-corrected chi connectivity index (χ2v) is 5.89. The van der Waals surface area contributed by atoms with Crippen LogP contribution in [-0.4, -0.2) is 23.4 Å². The van der Waals surface area contributed by atoms with Crippen LogP contribution in [0.15, 0.2) is 24.3 Å². The summed E-state index contributed by atoms with van der Waals surface area (Å²) < 4.78 is 0. The van der Waals surface area contributed by atoms with Gasteiger partial charge in [0.1, 0.15) is 0 Å². The Labute approximate surface area is 126 Å². The van der Waals surface area contributed by atoms with E-state index in [1.165, 1.54) is 0 Å². The molecule has 0 heterocycles. The molecule has 0 aliphatic rings. The van der Waals surface area contributed by atoms with E-state index >= 15 is 0 Å². The van der Waals surface area contributed by atoms with Gasteiger partial charge in [-0.3, -0.25) is 9.59 Å². The predicted molar refractivity (Wildman–Crippen MR) is 83.8 cm³/mol. The number of rotatable bonds is 6. The van der Waals surface area contributed by atoms with Gasteiger partial charge < -0.3 is 16.4 Å². The highest BCUT2D eigenvalue weighted by Crippen LogP contribution is 2.07. The van der Waals surface area contributed by atoms with E-state index in [9.17, 15) is 9.59 Å². The van der Waals surface area contributed by atoms with E-state index in [-0.39, 0.29) is 17.9 Å². The second-order valence-electron chi connectivity index (χ2n) is 5.89. The summed E-state index contributed by atoms with van der Waals surface area (Å²) in [5.41, 5.74) is 6.26. The van der Waals surface area contributed by atoms with Crippen LogP contribution in [-0.2, 0) is 11.3 Å². The summed E-state index contributed by atoms with van der Waals surface area (Å²) in [6.45, 7) is 7.64. The fourth-order valence-corrected chi connectivity index (χ4v) is 1.64. The fourth-order valence-electron chi connectivity index (χ4n) is 1.64. The van der Waals surface area contributed by atoms with Crippen LogP contribution >= 0.6 is 0 Å². The van der Waals surface area contributed by atoms with Gasteiger partial charge >= 0.3 is 0 Å². The van der Waals surface area contributed by atoms with E-state index in [1.807, 2.05) is 19.9 Å². The average molecular weight is 291 g/mol. The van der Waals surface area contributed by atoms with E-state index < -0.39 is 5.54 Å². The third kappa shape index (κ3) is 5.55. The molecule has 0 fully saturated rings. The number of carbonyl (C=O) groups is 2. The van der Waals surface area contributed by atoms with E-state index in [4.69, 9.17) is 5.73 Å². The number of benzene rings is 1. The minimum Gasteiger partial charge on any atom is -0.350 e. The first-order chi connectivity index (χ1) is 9.74. The standard InChI is InChI=1S/C16H25N3O2/c1-5-11(2)19-14(20)13-8-6-7-12(9-13)10-18-15(21)16(3,4)17/h6-9,11H,5,10,17H2,1-4H3,(H,18,21)(H,19,20). The summed E-state index contributed by atoms with van der Waals surface area (Å²) >= 11 is 0. The Hall–Kier alpha value is -1.88. The Bertz CT molecular complexity index is 506. The molecule has 1 rings (SSSR count). The van der Waals surface area contributed by atoms with Crippen molar-refractivity contribution in [3.63, 3.8) is 0 Å². The van der Waals surface area contributed by atoms with Gasteiger partial charge in [0.2, 0.25) is 5.91 Å². The minimum atomic E-state index is -0.911. The summed E-state index contributed by atoms with van der Waals surface area (Å²) in [6.07, 6.45) is 0.882. The van der Waals surface area contributed by atoms with Crippen molar-refractivity contribution in [2.24, 2.45) is 5.73 Å². The zero-order valence-corrected chi connectivity index (χ0v) is 13.2. The van der Waals surface area contributed by atoms with Gasteiger partial charge in [-0.2, -0.15) is 0 Å². The van der Waals surface area contributed by atoms with Gasteiger partial charge in [-0.15, -0.1) is 0 Å². The van der Waals surface area contributed by atoms with E-state index in [2.05, 4.69) is 10.6 Å². The van der Waals surface area contributed by atoms with Gasteiger partial charge in [-0.25, -0.2) is 0 Å². The Morgan fingerprint density at radius 1 is 1.33 bits per heavy atom. The first kappa shape index (κ1) is 17.2. The number of amides is 2. The number of hydrogen-bond donors (Lipinski definition) is 3. The lowest BCUT2D eigenvalue weighted by atomic mass is 10.1. The van der Waals surface area contributed by atoms with E-state index in [1.54, 1.807) is 32.0 Å². The molecule has 1 atom stereocenters. The summed E-state index contributed by atoms with van der Waals surface area (Å²) in [4.78, 5) is 23.8. The number of hydrogen-bond acceptors (Lipinski definition) is 3. The largest absolute Gasteiger partial charge is 0.350 e. The van der Waals surface area contributed by atoms with Gasteiger partial charge in [-0.05, 0) is 44.9 Å². The zero-order valence-electron chi connectivity index (χ0n) is 13.2. The molecular weight excluding hydrogens is 266 g/mol. The summed E-state index contributed by atoms with van der Waals surface area (Å²) in [7, 11) is 0. The van der Waals surface area contributed by atoms with Crippen molar-refractivity contribution in [3.8, 4) is 0 Å². The Morgan fingerprint density at radius 2 is 2.00 bits per heavy atom. The topological polar surface area (TPSA) is 84.2 Å². The first-order valence-electron chi connectivity index (χ1n) is 7.21. The molecule has 21 heavy (non-hydrogen) atoms. The zero-order chi connectivity index (χ0) is 16.0. The number of carbonyl (C=O) groups excluding carboxylic acids is 2. The van der Waals surface area contributed by atoms with Crippen LogP contribution in [0.4, 0.5) is 0 Å². The van der Waals surface area contributed by atoms with Crippen LogP contribution in [0, 0.1) is 0 Å². The van der Waals surface area contributed by atoms with Crippen LogP contribution in [0.25, 0.3) is 0 Å². The molecule has 0 spiro atoms. The van der Waals surface area contributed by atoms with E-state index in [0.717, 1.165) is 12.0 Å². The molecule has 1 aromatic rings. The Morgan fingerprint density at radius 3 is 2.57 bits per heavy atom. The molecule has 0 radical (unpaired) electrons. The molecule has 4 N–H and O–H groups in total. The Balaban J connectivity index is 2.68. The van der Waals surface area contributed by atoms with Gasteiger partial charge in [0, 0.05) is 18.2 Å². The molecule has 1 unspecified atom stereocenters. The molecule has 1 aromatic carbocycles. The van der Waals surface area contributed by atoms with E-state index in [0.29, 0.717) is 12.1 Å². The molecule has 5 heteroatoms. The lowest BCUT2D eigenvalue weighted by molar-refractivity contribution is -0.125. The van der Waals surface area contributed by atoms with Crippen LogP contribution in [0.5, 0.6) is 0 Å². The molecular formula is C16H25N3O2. The smallest absolute Gasteiger partial charge is 0.251 e. The molecule has 5 nitrogen and oxygen atoms in total. The van der Waals surface area contributed by atoms with Crippen LogP contribution in [0.2, 0.25) is 0 Å². The molecule has 0 saturated carbocycles. The van der Waals surface area contributed by atoms with Crippen molar-refractivity contribution < 1.29 is 9.59 Å². The Kier molecular flexibility index (Phi) is 5.90. The maximum atomic E-state index is 12.0. The lowest BCUT2D eigenvalue weighted by Gasteiger charge is -2.18. The summed E-state index contributed by atoms with van der Waals surface area (Å²) in [6, 6.07) is 7.35. The SMILES string of the molecule is CCC(C)NC(=O)c1cccc(CNC(=O)C(C)(C)N)c1. The highest BCUT2D eigenvalue weighted by Gasteiger charge is 2.21. The van der Waals surface area contributed by atoms with Crippen molar-refractivity contribution in [1.29, 1.82) is 0 Å². The monoisotopic (exact) mass is 291 g/mol. The molecule has 0 saturated heterocycles. The summed E-state index contributed by atoms with van der Waals surface area (Å²) in [5.74, 6) is -0.325. The fraction of sp³-hybridized carbons (Fsp3) is 0.500. The normalized spacial score (nSPS) is 12.6. The summed E-state index contributed by atoms with van der Waals surface area (Å²) in [5, 5.41) is 5.68. The number of nitrogens with one attached hydrogen (secondary N) is 2. The van der Waals surface area contributed by atoms with Crippen molar-refractivity contribution in [2.45, 2.75) is 52.2 Å². The van der Waals surface area contributed by atoms with Crippen molar-refractivity contribution in [1.82, 2.24) is 10.6 Å². The molecule has 0 aromatic heterocycles. The average Bonchev–Trinajstić information content (AvgIpc) is 2.43. The number of nitrogens with two attached hydrogens (primary N) is 1. The maximum Gasteiger partial charge on any atom is 0.251 e. The van der Waals surface area contributed by atoms with Crippen molar-refractivity contribution >= 4 is 11.8 Å². The van der Waals surface area contributed by atoms with Gasteiger partial charge in [0.25, 0.3) is 5.91 Å². The molecule has 0 bridgehead atoms. The van der Waals surface area contributed by atoms with Crippen LogP contribution in [0.3, 0.4) is 0 Å². The highest BCUT2D eigenvalue weighted by atomic mass is 16.2. The van der Waals surface area contributed by atoms with Gasteiger partial charge in [-0.1, -0.05) is 19.1 Å².